The minimum absolute atomic E-state index is 0.0945. The Morgan fingerprint density at radius 3 is 2.44 bits per heavy atom. The van der Waals surface area contributed by atoms with Gasteiger partial charge < -0.3 is 4.74 Å². The molecule has 0 unspecified atom stereocenters. The van der Waals surface area contributed by atoms with Crippen LogP contribution in [0.25, 0.3) is 0 Å². The maximum Gasteiger partial charge on any atom is 0.341 e. The predicted octanol–water partition coefficient (Wildman–Crippen LogP) is 5.06. The number of esters is 1. The van der Waals surface area contributed by atoms with Crippen molar-refractivity contribution >= 4 is 40.9 Å². The molecule has 9 heteroatoms. The fourth-order valence-electron chi connectivity index (χ4n) is 3.33. The summed E-state index contributed by atoms with van der Waals surface area (Å²) in [5, 5.41) is 9.14. The van der Waals surface area contributed by atoms with E-state index in [1.807, 2.05) is 13.0 Å². The molecule has 1 fully saturated rings. The van der Waals surface area contributed by atoms with Gasteiger partial charge in [0.25, 0.3) is 5.91 Å². The van der Waals surface area contributed by atoms with Crippen molar-refractivity contribution in [2.45, 2.75) is 45.8 Å². The summed E-state index contributed by atoms with van der Waals surface area (Å²) in [5.41, 5.74) is -1.11. The van der Waals surface area contributed by atoms with Gasteiger partial charge in [0.15, 0.2) is 0 Å². The highest BCUT2D eigenvalue weighted by Gasteiger charge is 2.52. The lowest BCUT2D eigenvalue weighted by Crippen LogP contribution is -2.44. The number of nitrogens with zero attached hydrogens (tertiary/aromatic N) is 3. The molecular formula is C23H21ClFN3O4. The molecule has 3 amide bonds. The summed E-state index contributed by atoms with van der Waals surface area (Å²) in [4.78, 5) is 40.6. The predicted molar refractivity (Wildman–Crippen MR) is 117 cm³/mol. The molecule has 0 aromatic heterocycles. The van der Waals surface area contributed by atoms with Crippen LogP contribution in [0.3, 0.4) is 0 Å². The Labute approximate surface area is 189 Å². The van der Waals surface area contributed by atoms with E-state index in [0.29, 0.717) is 6.42 Å². The molecule has 7 nitrogen and oxygen atoms in total. The average molecular weight is 458 g/mol. The summed E-state index contributed by atoms with van der Waals surface area (Å²) >= 11 is 6.06. The van der Waals surface area contributed by atoms with Gasteiger partial charge in [-0.3, -0.25) is 9.69 Å². The number of halogens is 2. The van der Waals surface area contributed by atoms with Crippen molar-refractivity contribution in [1.29, 1.82) is 5.26 Å². The zero-order valence-corrected chi connectivity index (χ0v) is 18.7. The zero-order chi connectivity index (χ0) is 23.8. The Morgan fingerprint density at radius 2 is 1.88 bits per heavy atom. The van der Waals surface area contributed by atoms with E-state index in [2.05, 4.69) is 0 Å². The Kier molecular flexibility index (Phi) is 6.24. The summed E-state index contributed by atoms with van der Waals surface area (Å²) in [7, 11) is 0. The monoisotopic (exact) mass is 457 g/mol. The lowest BCUT2D eigenvalue weighted by molar-refractivity contribution is -0.120. The van der Waals surface area contributed by atoms with E-state index in [4.69, 9.17) is 21.6 Å². The van der Waals surface area contributed by atoms with Gasteiger partial charge in [-0.15, -0.1) is 0 Å². The second-order valence-corrected chi connectivity index (χ2v) is 8.29. The highest BCUT2D eigenvalue weighted by Crippen LogP contribution is 2.37. The van der Waals surface area contributed by atoms with Gasteiger partial charge in [-0.1, -0.05) is 18.5 Å². The van der Waals surface area contributed by atoms with Gasteiger partial charge in [-0.05, 0) is 63.6 Å². The molecule has 2 aromatic carbocycles. The number of benzene rings is 2. The van der Waals surface area contributed by atoms with Crippen LogP contribution in [0.4, 0.5) is 20.6 Å². The Morgan fingerprint density at radius 1 is 1.22 bits per heavy atom. The topological polar surface area (TPSA) is 90.7 Å². The lowest BCUT2D eigenvalue weighted by Gasteiger charge is -2.28. The van der Waals surface area contributed by atoms with Gasteiger partial charge in [-0.2, -0.15) is 5.26 Å². The molecule has 0 spiro atoms. The van der Waals surface area contributed by atoms with Crippen LogP contribution in [0.1, 0.15) is 50.0 Å². The molecule has 3 rings (SSSR count). The number of hydrogen-bond donors (Lipinski definition) is 0. The second kappa shape index (κ2) is 8.60. The molecule has 2 aromatic rings. The maximum absolute atomic E-state index is 14.8. The fourth-order valence-corrected chi connectivity index (χ4v) is 3.55. The summed E-state index contributed by atoms with van der Waals surface area (Å²) in [6, 6.07) is 9.03. The molecule has 32 heavy (non-hydrogen) atoms. The summed E-state index contributed by atoms with van der Waals surface area (Å²) in [5.74, 6) is -2.23. The minimum atomic E-state index is -1.34. The molecule has 166 valence electrons. The van der Waals surface area contributed by atoms with E-state index >= 15 is 0 Å². The van der Waals surface area contributed by atoms with Crippen LogP contribution >= 0.6 is 11.6 Å². The number of anilines is 2. The Bertz CT molecular complexity index is 1160. The summed E-state index contributed by atoms with van der Waals surface area (Å²) in [6.45, 7) is 6.59. The van der Waals surface area contributed by atoms with Crippen molar-refractivity contribution in [2.75, 3.05) is 9.80 Å². The smallest absolute Gasteiger partial charge is 0.341 e. The number of ether oxygens (including phenoxy) is 1. The van der Waals surface area contributed by atoms with E-state index < -0.39 is 29.3 Å². The standard InChI is InChI=1S/C23H21ClFN3O4/c1-5-13(2)32-20(29)17-9-8-16(11-19(17)25)28-22(31)27(21(30)23(28,3)4)15-7-6-14(12-26)18(24)10-15/h6-11,13H,5H2,1-4H3/t13-/m1/s1. The number of urea groups is 1. The molecular weight excluding hydrogens is 437 g/mol. The van der Waals surface area contributed by atoms with E-state index in [9.17, 15) is 18.8 Å². The number of amides is 3. The molecule has 1 atom stereocenters. The van der Waals surface area contributed by atoms with Crippen LogP contribution in [0.2, 0.25) is 5.02 Å². The summed E-state index contributed by atoms with van der Waals surface area (Å²) < 4.78 is 19.9. The zero-order valence-electron chi connectivity index (χ0n) is 18.0. The van der Waals surface area contributed by atoms with Crippen LogP contribution < -0.4 is 9.80 Å². The van der Waals surface area contributed by atoms with Crippen LogP contribution in [0.5, 0.6) is 0 Å². The SMILES string of the molecule is CC[C@@H](C)OC(=O)c1ccc(N2C(=O)N(c3ccc(C#N)c(Cl)c3)C(=O)C2(C)C)cc1F. The quantitative estimate of drug-likeness (QED) is 0.462. The normalized spacial score (nSPS) is 16.2. The number of carbonyl (C=O) groups is 3. The molecule has 1 aliphatic heterocycles. The van der Waals surface area contributed by atoms with E-state index in [-0.39, 0.29) is 33.6 Å². The van der Waals surface area contributed by atoms with Crippen LogP contribution in [0.15, 0.2) is 36.4 Å². The van der Waals surface area contributed by atoms with Crippen LogP contribution in [-0.2, 0) is 9.53 Å². The molecule has 1 aliphatic rings. The molecule has 1 heterocycles. The van der Waals surface area contributed by atoms with Gasteiger partial charge >= 0.3 is 12.0 Å². The Balaban J connectivity index is 1.98. The highest BCUT2D eigenvalue weighted by molar-refractivity contribution is 6.33. The first-order chi connectivity index (χ1) is 15.0. The third kappa shape index (κ3) is 3.92. The number of rotatable bonds is 5. The van der Waals surface area contributed by atoms with Crippen LogP contribution in [0, 0.1) is 17.1 Å². The van der Waals surface area contributed by atoms with Gasteiger partial charge in [0, 0.05) is 5.69 Å². The molecule has 1 saturated heterocycles. The number of carbonyl (C=O) groups excluding carboxylic acids is 3. The van der Waals surface area contributed by atoms with Gasteiger partial charge in [0.2, 0.25) is 0 Å². The number of imide groups is 1. The number of hydrogen-bond acceptors (Lipinski definition) is 5. The average Bonchev–Trinajstić information content (AvgIpc) is 2.91. The molecule has 0 saturated carbocycles. The van der Waals surface area contributed by atoms with Crippen molar-refractivity contribution in [3.8, 4) is 6.07 Å². The van der Waals surface area contributed by atoms with Crippen molar-refractivity contribution in [3.05, 3.63) is 58.4 Å². The third-order valence-corrected chi connectivity index (χ3v) is 5.63. The molecule has 0 aliphatic carbocycles. The fraction of sp³-hybridized carbons (Fsp3) is 0.304. The van der Waals surface area contributed by atoms with Gasteiger partial charge in [-0.25, -0.2) is 18.9 Å². The van der Waals surface area contributed by atoms with Gasteiger partial charge in [0.1, 0.15) is 17.4 Å². The first-order valence-corrected chi connectivity index (χ1v) is 10.3. The number of nitriles is 1. The van der Waals surface area contributed by atoms with Crippen molar-refractivity contribution in [1.82, 2.24) is 0 Å². The van der Waals surface area contributed by atoms with Crippen molar-refractivity contribution in [3.63, 3.8) is 0 Å². The highest BCUT2D eigenvalue weighted by atomic mass is 35.5. The molecule has 0 N–H and O–H groups in total. The summed E-state index contributed by atoms with van der Waals surface area (Å²) in [6.07, 6.45) is 0.213. The van der Waals surface area contributed by atoms with Crippen molar-refractivity contribution < 1.29 is 23.5 Å². The maximum atomic E-state index is 14.8. The van der Waals surface area contributed by atoms with Crippen LogP contribution in [-0.4, -0.2) is 29.6 Å². The molecule has 0 bridgehead atoms. The molecule has 0 radical (unpaired) electrons. The second-order valence-electron chi connectivity index (χ2n) is 7.88. The lowest BCUT2D eigenvalue weighted by atomic mass is 10.0. The first-order valence-electron chi connectivity index (χ1n) is 9.91. The van der Waals surface area contributed by atoms with E-state index in [1.165, 1.54) is 44.2 Å². The van der Waals surface area contributed by atoms with Gasteiger partial charge in [0.05, 0.1) is 27.9 Å². The van der Waals surface area contributed by atoms with Crippen molar-refractivity contribution in [2.24, 2.45) is 0 Å². The minimum Gasteiger partial charge on any atom is -0.459 e. The van der Waals surface area contributed by atoms with E-state index in [0.717, 1.165) is 15.9 Å². The third-order valence-electron chi connectivity index (χ3n) is 5.31. The largest absolute Gasteiger partial charge is 0.459 e. The first kappa shape index (κ1) is 23.2. The van der Waals surface area contributed by atoms with E-state index in [1.54, 1.807) is 6.92 Å². The Hall–Kier alpha value is -3.44.